The predicted molar refractivity (Wildman–Crippen MR) is 93.8 cm³/mol. The molecule has 1 aliphatic heterocycles. The van der Waals surface area contributed by atoms with Crippen LogP contribution in [0.1, 0.15) is 11.1 Å². The first kappa shape index (κ1) is 16.3. The maximum absolute atomic E-state index is 13.4. The average molecular weight is 328 g/mol. The van der Waals surface area contributed by atoms with Gasteiger partial charge in [-0.1, -0.05) is 12.1 Å². The van der Waals surface area contributed by atoms with Crippen LogP contribution < -0.4 is 26.4 Å². The molecule has 0 radical (unpaired) electrons. The van der Waals surface area contributed by atoms with Gasteiger partial charge in [0.2, 0.25) is 0 Å². The van der Waals surface area contributed by atoms with Crippen molar-refractivity contribution in [1.29, 1.82) is 0 Å². The fourth-order valence-corrected chi connectivity index (χ4v) is 3.05. The molecule has 0 unspecified atom stereocenters. The number of benzene rings is 2. The Morgan fingerprint density at radius 3 is 2.25 bits per heavy atom. The lowest BCUT2D eigenvalue weighted by atomic mass is 9.91. The minimum absolute atomic E-state index is 0.275. The average Bonchev–Trinajstić information content (AvgIpc) is 2.60. The third-order valence-corrected chi connectivity index (χ3v) is 4.23. The fraction of sp³-hybridized carbons (Fsp3) is 0.222. The molecule has 2 aromatic carbocycles. The molecule has 0 amide bonds. The monoisotopic (exact) mass is 328 g/mol. The molecular formula is C18H21FN4O. The van der Waals surface area contributed by atoms with Crippen molar-refractivity contribution in [3.8, 4) is 5.75 Å². The van der Waals surface area contributed by atoms with Crippen LogP contribution in [0.5, 0.6) is 5.75 Å². The zero-order valence-electron chi connectivity index (χ0n) is 13.9. The summed E-state index contributed by atoms with van der Waals surface area (Å²) in [5, 5.41) is 9.56. The molecule has 0 spiro atoms. The highest BCUT2D eigenvalue weighted by Crippen LogP contribution is 2.41. The van der Waals surface area contributed by atoms with Crippen LogP contribution in [0.2, 0.25) is 0 Å². The van der Waals surface area contributed by atoms with E-state index in [0.29, 0.717) is 11.4 Å². The van der Waals surface area contributed by atoms with Crippen molar-refractivity contribution in [3.63, 3.8) is 0 Å². The van der Waals surface area contributed by atoms with Gasteiger partial charge < -0.3 is 15.8 Å². The second kappa shape index (κ2) is 6.14. The van der Waals surface area contributed by atoms with E-state index in [9.17, 15) is 4.39 Å². The summed E-state index contributed by atoms with van der Waals surface area (Å²) in [6, 6.07) is 11.9. The molecule has 6 heteroatoms. The Bertz CT molecular complexity index is 782. The van der Waals surface area contributed by atoms with E-state index in [1.165, 1.54) is 12.1 Å². The van der Waals surface area contributed by atoms with Crippen LogP contribution in [0.15, 0.2) is 48.2 Å². The van der Waals surface area contributed by atoms with Crippen molar-refractivity contribution in [2.45, 2.75) is 5.85 Å². The SMILES string of the molecule is CNC1=C(c2ccc(F)cc2)c2ccc(N)cc2OC1(NC)NC. The Morgan fingerprint density at radius 2 is 1.67 bits per heavy atom. The van der Waals surface area contributed by atoms with Crippen LogP contribution in [0.4, 0.5) is 10.1 Å². The Balaban J connectivity index is 2.32. The Kier molecular flexibility index (Phi) is 4.17. The lowest BCUT2D eigenvalue weighted by Crippen LogP contribution is -2.63. The fourth-order valence-electron chi connectivity index (χ4n) is 3.05. The summed E-state index contributed by atoms with van der Waals surface area (Å²) in [5.74, 6) is -0.570. The molecule has 0 aromatic heterocycles. The molecule has 1 aliphatic rings. The van der Waals surface area contributed by atoms with E-state index < -0.39 is 5.85 Å². The normalized spacial score (nSPS) is 15.7. The number of nitrogens with two attached hydrogens (primary N) is 1. The van der Waals surface area contributed by atoms with Gasteiger partial charge in [0, 0.05) is 29.9 Å². The molecule has 24 heavy (non-hydrogen) atoms. The van der Waals surface area contributed by atoms with Gasteiger partial charge in [0.1, 0.15) is 11.6 Å². The van der Waals surface area contributed by atoms with E-state index in [4.69, 9.17) is 10.5 Å². The summed E-state index contributed by atoms with van der Waals surface area (Å²) < 4.78 is 19.5. The van der Waals surface area contributed by atoms with Gasteiger partial charge in [0.15, 0.2) is 0 Å². The van der Waals surface area contributed by atoms with Gasteiger partial charge in [0.25, 0.3) is 5.85 Å². The molecule has 0 saturated heterocycles. The van der Waals surface area contributed by atoms with Crippen LogP contribution in [0, 0.1) is 5.82 Å². The van der Waals surface area contributed by atoms with Crippen molar-refractivity contribution >= 4 is 11.3 Å². The number of nitrogens with one attached hydrogen (secondary N) is 3. The van der Waals surface area contributed by atoms with E-state index in [1.54, 1.807) is 32.3 Å². The Morgan fingerprint density at radius 1 is 1.00 bits per heavy atom. The summed E-state index contributed by atoms with van der Waals surface area (Å²) in [6.45, 7) is 0. The number of likely N-dealkylation sites (N-methyl/N-ethyl adjacent to an activating group) is 3. The highest BCUT2D eigenvalue weighted by molar-refractivity contribution is 5.87. The molecule has 2 aromatic rings. The van der Waals surface area contributed by atoms with Crippen molar-refractivity contribution in [2.75, 3.05) is 26.9 Å². The summed E-state index contributed by atoms with van der Waals surface area (Å²) in [4.78, 5) is 0. The molecular weight excluding hydrogens is 307 g/mol. The number of rotatable bonds is 4. The minimum Gasteiger partial charge on any atom is -0.453 e. The van der Waals surface area contributed by atoms with E-state index in [2.05, 4.69) is 16.0 Å². The molecule has 3 rings (SSSR count). The molecule has 5 N–H and O–H groups in total. The summed E-state index contributed by atoms with van der Waals surface area (Å²) in [7, 11) is 5.43. The van der Waals surface area contributed by atoms with Crippen LogP contribution in [-0.4, -0.2) is 27.0 Å². The molecule has 1 heterocycles. The maximum atomic E-state index is 13.4. The smallest absolute Gasteiger partial charge is 0.259 e. The molecule has 0 fully saturated rings. The minimum atomic E-state index is -0.945. The van der Waals surface area contributed by atoms with Crippen LogP contribution in [0.25, 0.3) is 5.57 Å². The number of hydrogen-bond donors (Lipinski definition) is 4. The summed E-state index contributed by atoms with van der Waals surface area (Å²) in [5.41, 5.74) is 10.0. The van der Waals surface area contributed by atoms with Crippen molar-refractivity contribution < 1.29 is 9.13 Å². The Hall–Kier alpha value is -2.57. The van der Waals surface area contributed by atoms with Crippen molar-refractivity contribution in [2.24, 2.45) is 0 Å². The third-order valence-electron chi connectivity index (χ3n) is 4.23. The van der Waals surface area contributed by atoms with E-state index >= 15 is 0 Å². The van der Waals surface area contributed by atoms with Crippen molar-refractivity contribution in [3.05, 3.63) is 65.1 Å². The zero-order valence-corrected chi connectivity index (χ0v) is 13.9. The number of anilines is 1. The van der Waals surface area contributed by atoms with E-state index in [-0.39, 0.29) is 5.82 Å². The maximum Gasteiger partial charge on any atom is 0.259 e. The Labute approximate surface area is 140 Å². The first-order valence-electron chi connectivity index (χ1n) is 7.70. The molecule has 126 valence electrons. The second-order valence-electron chi connectivity index (χ2n) is 5.55. The highest BCUT2D eigenvalue weighted by Gasteiger charge is 2.41. The topological polar surface area (TPSA) is 71.3 Å². The highest BCUT2D eigenvalue weighted by atomic mass is 19.1. The van der Waals surface area contributed by atoms with Gasteiger partial charge in [-0.3, -0.25) is 10.6 Å². The number of ether oxygens (including phenoxy) is 1. The number of fused-ring (bicyclic) bond motifs is 1. The zero-order chi connectivity index (χ0) is 17.3. The summed E-state index contributed by atoms with van der Waals surface area (Å²) >= 11 is 0. The standard InChI is InChI=1S/C18H21FN4O/c1-21-17-16(11-4-6-12(19)7-5-11)14-9-8-13(20)10-15(14)24-18(17,22-2)23-3/h4-10,21-23H,20H2,1-3H3. The largest absolute Gasteiger partial charge is 0.453 e. The summed E-state index contributed by atoms with van der Waals surface area (Å²) in [6.07, 6.45) is 0. The van der Waals surface area contributed by atoms with Gasteiger partial charge in [-0.2, -0.15) is 0 Å². The first-order chi connectivity index (χ1) is 11.5. The van der Waals surface area contributed by atoms with Crippen molar-refractivity contribution in [1.82, 2.24) is 16.0 Å². The van der Waals surface area contributed by atoms with E-state index in [0.717, 1.165) is 22.4 Å². The molecule has 0 aliphatic carbocycles. The third kappa shape index (κ3) is 2.50. The number of nitrogen functional groups attached to an aromatic ring is 1. The van der Waals surface area contributed by atoms with E-state index in [1.807, 2.05) is 19.2 Å². The van der Waals surface area contributed by atoms with Gasteiger partial charge in [-0.25, -0.2) is 4.39 Å². The van der Waals surface area contributed by atoms with Gasteiger partial charge in [-0.15, -0.1) is 0 Å². The van der Waals surface area contributed by atoms with Gasteiger partial charge in [-0.05, 0) is 43.9 Å². The number of halogens is 1. The molecule has 5 nitrogen and oxygen atoms in total. The molecule has 0 atom stereocenters. The van der Waals surface area contributed by atoms with Crippen LogP contribution in [0.3, 0.4) is 0 Å². The second-order valence-corrected chi connectivity index (χ2v) is 5.55. The van der Waals surface area contributed by atoms with Crippen LogP contribution in [-0.2, 0) is 0 Å². The van der Waals surface area contributed by atoms with Gasteiger partial charge >= 0.3 is 0 Å². The lowest BCUT2D eigenvalue weighted by molar-refractivity contribution is 0.0416. The molecule has 0 bridgehead atoms. The predicted octanol–water partition coefficient (Wildman–Crippen LogP) is 1.87. The lowest BCUT2D eigenvalue weighted by Gasteiger charge is -2.41. The van der Waals surface area contributed by atoms with Crippen LogP contribution >= 0.6 is 0 Å². The quantitative estimate of drug-likeness (QED) is 0.509. The van der Waals surface area contributed by atoms with Gasteiger partial charge in [0.05, 0.1) is 5.70 Å². The number of hydrogen-bond acceptors (Lipinski definition) is 5. The molecule has 0 saturated carbocycles. The first-order valence-corrected chi connectivity index (χ1v) is 7.70.